The summed E-state index contributed by atoms with van der Waals surface area (Å²) in [5, 5.41) is 14.2. The van der Waals surface area contributed by atoms with Crippen LogP contribution in [0.1, 0.15) is 45.2 Å². The Morgan fingerprint density at radius 1 is 1.16 bits per heavy atom. The highest BCUT2D eigenvalue weighted by atomic mass is 16.4. The highest BCUT2D eigenvalue weighted by Crippen LogP contribution is 2.26. The number of carboxylic acid groups (broad SMARTS) is 1. The van der Waals surface area contributed by atoms with Gasteiger partial charge in [0.1, 0.15) is 6.04 Å². The van der Waals surface area contributed by atoms with Crippen LogP contribution in [0.15, 0.2) is 24.3 Å². The third-order valence-electron chi connectivity index (χ3n) is 4.14. The Morgan fingerprint density at radius 2 is 1.76 bits per heavy atom. The van der Waals surface area contributed by atoms with Crippen LogP contribution in [0.25, 0.3) is 0 Å². The number of amides is 2. The normalized spacial score (nSPS) is 12.6. The van der Waals surface area contributed by atoms with Crippen LogP contribution >= 0.6 is 0 Å². The van der Waals surface area contributed by atoms with Crippen molar-refractivity contribution in [2.75, 3.05) is 6.54 Å². The number of aliphatic carboxylic acids is 1. The number of aryl methyl sites for hydroxylation is 1. The maximum Gasteiger partial charge on any atom is 0.326 e. The molecule has 138 valence electrons. The molecule has 3 N–H and O–H groups in total. The van der Waals surface area contributed by atoms with Crippen molar-refractivity contribution in [1.29, 1.82) is 0 Å². The van der Waals surface area contributed by atoms with E-state index in [-0.39, 0.29) is 18.4 Å². The molecule has 0 bridgehead atoms. The Balaban J connectivity index is 2.67. The van der Waals surface area contributed by atoms with Crippen LogP contribution < -0.4 is 10.6 Å². The quantitative estimate of drug-likeness (QED) is 0.669. The lowest BCUT2D eigenvalue weighted by atomic mass is 9.81. The Hall–Kier alpha value is -2.37. The average Bonchev–Trinajstić information content (AvgIpc) is 2.51. The smallest absolute Gasteiger partial charge is 0.326 e. The zero-order valence-electron chi connectivity index (χ0n) is 15.6. The van der Waals surface area contributed by atoms with Crippen LogP contribution in [-0.4, -0.2) is 35.5 Å². The fourth-order valence-electron chi connectivity index (χ4n) is 2.72. The number of carboxylic acids is 1. The van der Waals surface area contributed by atoms with Crippen molar-refractivity contribution in [3.8, 4) is 0 Å². The molecule has 1 aromatic rings. The van der Waals surface area contributed by atoms with Gasteiger partial charge in [-0.1, -0.05) is 38.1 Å². The minimum Gasteiger partial charge on any atom is -0.480 e. The number of carbonyl (C=O) groups excluding carboxylic acids is 2. The lowest BCUT2D eigenvalue weighted by Gasteiger charge is -2.26. The Morgan fingerprint density at radius 3 is 2.28 bits per heavy atom. The third kappa shape index (κ3) is 5.89. The van der Waals surface area contributed by atoms with E-state index in [2.05, 4.69) is 10.6 Å². The molecule has 0 aliphatic carbocycles. The molecule has 0 radical (unpaired) electrons. The van der Waals surface area contributed by atoms with Crippen molar-refractivity contribution in [3.63, 3.8) is 0 Å². The number of carbonyl (C=O) groups is 3. The van der Waals surface area contributed by atoms with E-state index in [1.807, 2.05) is 45.0 Å². The lowest BCUT2D eigenvalue weighted by molar-refractivity contribution is -0.142. The summed E-state index contributed by atoms with van der Waals surface area (Å²) in [6, 6.07) is 6.64. The van der Waals surface area contributed by atoms with Gasteiger partial charge in [0.2, 0.25) is 11.8 Å². The van der Waals surface area contributed by atoms with E-state index >= 15 is 0 Å². The van der Waals surface area contributed by atoms with Crippen LogP contribution in [-0.2, 0) is 19.8 Å². The highest BCUT2D eigenvalue weighted by molar-refractivity contribution is 5.92. The van der Waals surface area contributed by atoms with Crippen molar-refractivity contribution in [2.24, 2.45) is 5.92 Å². The van der Waals surface area contributed by atoms with Crippen molar-refractivity contribution in [2.45, 2.75) is 52.5 Å². The fourth-order valence-corrected chi connectivity index (χ4v) is 2.72. The molecule has 0 heterocycles. The SMILES string of the molecule is Cc1ccccc1C(C)(C)C(=O)NCC(=O)N[C@@H](CC(C)C)C(=O)O. The molecule has 0 fully saturated rings. The predicted molar refractivity (Wildman–Crippen MR) is 96.2 cm³/mol. The van der Waals surface area contributed by atoms with Crippen molar-refractivity contribution < 1.29 is 19.5 Å². The predicted octanol–water partition coefficient (Wildman–Crippen LogP) is 2.00. The monoisotopic (exact) mass is 348 g/mol. The fraction of sp³-hybridized carbons (Fsp3) is 0.526. The van der Waals surface area contributed by atoms with E-state index in [1.165, 1.54) is 0 Å². The van der Waals surface area contributed by atoms with Crippen molar-refractivity contribution in [3.05, 3.63) is 35.4 Å². The Kier molecular flexibility index (Phi) is 7.15. The molecule has 0 aliphatic heterocycles. The van der Waals surface area contributed by atoms with Gasteiger partial charge in [-0.2, -0.15) is 0 Å². The molecule has 0 aromatic heterocycles. The number of benzene rings is 1. The first-order chi connectivity index (χ1) is 11.6. The van der Waals surface area contributed by atoms with Crippen molar-refractivity contribution in [1.82, 2.24) is 10.6 Å². The van der Waals surface area contributed by atoms with Crippen LogP contribution in [0.3, 0.4) is 0 Å². The van der Waals surface area contributed by atoms with Gasteiger partial charge in [-0.25, -0.2) is 4.79 Å². The zero-order chi connectivity index (χ0) is 19.2. The summed E-state index contributed by atoms with van der Waals surface area (Å²) in [4.78, 5) is 35.7. The Labute approximate surface area is 149 Å². The van der Waals surface area contributed by atoms with E-state index in [0.29, 0.717) is 6.42 Å². The van der Waals surface area contributed by atoms with Gasteiger partial charge in [-0.05, 0) is 44.2 Å². The molecular formula is C19H28N2O4. The van der Waals surface area contributed by atoms with Crippen LogP contribution in [0.4, 0.5) is 0 Å². The molecule has 6 nitrogen and oxygen atoms in total. The average molecular weight is 348 g/mol. The van der Waals surface area contributed by atoms with Gasteiger partial charge < -0.3 is 15.7 Å². The molecule has 0 unspecified atom stereocenters. The minimum absolute atomic E-state index is 0.135. The molecular weight excluding hydrogens is 320 g/mol. The first-order valence-corrected chi connectivity index (χ1v) is 8.42. The number of hydrogen-bond donors (Lipinski definition) is 3. The second kappa shape index (κ2) is 8.65. The molecule has 2 amide bonds. The third-order valence-corrected chi connectivity index (χ3v) is 4.14. The standard InChI is InChI=1S/C19H28N2O4/c1-12(2)10-15(17(23)24)21-16(22)11-20-18(25)19(4,5)14-9-7-6-8-13(14)3/h6-9,12,15H,10-11H2,1-5H3,(H,20,25)(H,21,22)(H,23,24)/t15-/m0/s1. The largest absolute Gasteiger partial charge is 0.480 e. The summed E-state index contributed by atoms with van der Waals surface area (Å²) in [5.41, 5.74) is 1.08. The molecule has 0 aliphatic rings. The molecule has 6 heteroatoms. The first-order valence-electron chi connectivity index (χ1n) is 8.42. The molecule has 25 heavy (non-hydrogen) atoms. The summed E-state index contributed by atoms with van der Waals surface area (Å²) in [5.74, 6) is -1.74. The topological polar surface area (TPSA) is 95.5 Å². The summed E-state index contributed by atoms with van der Waals surface area (Å²) in [6.45, 7) is 9.03. The summed E-state index contributed by atoms with van der Waals surface area (Å²) < 4.78 is 0. The lowest BCUT2D eigenvalue weighted by Crippen LogP contribution is -2.48. The van der Waals surface area contributed by atoms with E-state index in [9.17, 15) is 14.4 Å². The zero-order valence-corrected chi connectivity index (χ0v) is 15.6. The summed E-state index contributed by atoms with van der Waals surface area (Å²) in [6.07, 6.45) is 0.337. The second-order valence-electron chi connectivity index (χ2n) is 7.21. The molecule has 1 aromatic carbocycles. The van der Waals surface area contributed by atoms with Crippen molar-refractivity contribution >= 4 is 17.8 Å². The van der Waals surface area contributed by atoms with Crippen LogP contribution in [0.2, 0.25) is 0 Å². The molecule has 0 saturated carbocycles. The van der Waals surface area contributed by atoms with Gasteiger partial charge in [0.05, 0.1) is 12.0 Å². The van der Waals surface area contributed by atoms with E-state index in [0.717, 1.165) is 11.1 Å². The molecule has 0 saturated heterocycles. The van der Waals surface area contributed by atoms with Gasteiger partial charge >= 0.3 is 5.97 Å². The van der Waals surface area contributed by atoms with Gasteiger partial charge in [0.15, 0.2) is 0 Å². The molecule has 0 spiro atoms. The van der Waals surface area contributed by atoms with E-state index in [1.54, 1.807) is 13.8 Å². The Bertz CT molecular complexity index is 638. The van der Waals surface area contributed by atoms with Gasteiger partial charge in [0, 0.05) is 0 Å². The van der Waals surface area contributed by atoms with E-state index < -0.39 is 23.3 Å². The second-order valence-corrected chi connectivity index (χ2v) is 7.21. The maximum absolute atomic E-state index is 12.5. The first kappa shape index (κ1) is 20.7. The highest BCUT2D eigenvalue weighted by Gasteiger charge is 2.31. The maximum atomic E-state index is 12.5. The van der Waals surface area contributed by atoms with Gasteiger partial charge in [-0.15, -0.1) is 0 Å². The number of hydrogen-bond acceptors (Lipinski definition) is 3. The summed E-state index contributed by atoms with van der Waals surface area (Å²) in [7, 11) is 0. The van der Waals surface area contributed by atoms with Crippen LogP contribution in [0, 0.1) is 12.8 Å². The van der Waals surface area contributed by atoms with E-state index in [4.69, 9.17) is 5.11 Å². The van der Waals surface area contributed by atoms with Crippen LogP contribution in [0.5, 0.6) is 0 Å². The number of rotatable bonds is 8. The molecule has 1 atom stereocenters. The minimum atomic E-state index is -1.08. The van der Waals surface area contributed by atoms with Gasteiger partial charge in [-0.3, -0.25) is 9.59 Å². The number of nitrogens with one attached hydrogen (secondary N) is 2. The molecule has 1 rings (SSSR count). The van der Waals surface area contributed by atoms with Gasteiger partial charge in [0.25, 0.3) is 0 Å². The summed E-state index contributed by atoms with van der Waals surface area (Å²) >= 11 is 0.